The van der Waals surface area contributed by atoms with Gasteiger partial charge in [-0.05, 0) is 41.1 Å². The van der Waals surface area contributed by atoms with Crippen LogP contribution in [0.3, 0.4) is 0 Å². The number of aromatic nitrogens is 3. The molecule has 2 aromatic heterocycles. The molecule has 0 atom stereocenters. The van der Waals surface area contributed by atoms with Crippen LogP contribution < -0.4 is 5.32 Å². The number of carbonyl (C=O) groups is 1. The highest BCUT2D eigenvalue weighted by Crippen LogP contribution is 2.28. The van der Waals surface area contributed by atoms with Gasteiger partial charge in [-0.15, -0.1) is 0 Å². The summed E-state index contributed by atoms with van der Waals surface area (Å²) < 4.78 is 3.66. The zero-order chi connectivity index (χ0) is 16.4. The molecule has 1 N–H and O–H groups in total. The van der Waals surface area contributed by atoms with Crippen molar-refractivity contribution in [2.45, 2.75) is 19.9 Å². The lowest BCUT2D eigenvalue weighted by molar-refractivity contribution is -0.116. The normalized spacial score (nSPS) is 10.9. The van der Waals surface area contributed by atoms with Gasteiger partial charge in [0.05, 0.1) is 21.4 Å². The Kier molecular flexibility index (Phi) is 4.77. The first kappa shape index (κ1) is 16.1. The van der Waals surface area contributed by atoms with Gasteiger partial charge >= 0.3 is 0 Å². The van der Waals surface area contributed by atoms with E-state index in [2.05, 4.69) is 47.3 Å². The summed E-state index contributed by atoms with van der Waals surface area (Å²) >= 11 is 6.91. The second-order valence-electron chi connectivity index (χ2n) is 5.12. The van der Waals surface area contributed by atoms with Crippen LogP contribution in [-0.4, -0.2) is 20.7 Å². The molecule has 0 fully saturated rings. The molecule has 1 aromatic carbocycles. The van der Waals surface area contributed by atoms with Crippen molar-refractivity contribution in [1.29, 1.82) is 0 Å². The molecule has 3 aromatic rings. The summed E-state index contributed by atoms with van der Waals surface area (Å²) in [6.07, 6.45) is 3.94. The number of nitrogens with one attached hydrogen (secondary N) is 1. The van der Waals surface area contributed by atoms with Crippen molar-refractivity contribution in [2.24, 2.45) is 0 Å². The van der Waals surface area contributed by atoms with Gasteiger partial charge in [-0.25, -0.2) is 0 Å². The fourth-order valence-corrected chi connectivity index (χ4v) is 3.04. The summed E-state index contributed by atoms with van der Waals surface area (Å²) in [6.45, 7) is 2.44. The van der Waals surface area contributed by atoms with E-state index in [9.17, 15) is 4.79 Å². The first-order chi connectivity index (χ1) is 11.0. The van der Waals surface area contributed by atoms with Crippen LogP contribution in [0, 0.1) is 6.92 Å². The zero-order valence-corrected chi connectivity index (χ0v) is 15.6. The minimum absolute atomic E-state index is 0.0662. The van der Waals surface area contributed by atoms with E-state index in [0.717, 1.165) is 25.5 Å². The molecule has 0 bridgehead atoms. The summed E-state index contributed by atoms with van der Waals surface area (Å²) in [5.74, 6) is -0.0662. The third-order valence-corrected chi connectivity index (χ3v) is 4.92. The number of halogens is 2. The van der Waals surface area contributed by atoms with Crippen molar-refractivity contribution in [2.75, 3.05) is 5.32 Å². The number of aryl methyl sites for hydroxylation is 2. The maximum absolute atomic E-state index is 12.2. The average molecular weight is 438 g/mol. The number of pyridine rings is 1. The number of rotatable bonds is 4. The molecule has 5 nitrogen and oxygen atoms in total. The molecule has 118 valence electrons. The largest absolute Gasteiger partial charge is 0.324 e. The van der Waals surface area contributed by atoms with E-state index in [1.165, 1.54) is 0 Å². The fraction of sp³-hybridized carbons (Fsp3) is 0.188. The van der Waals surface area contributed by atoms with Crippen LogP contribution in [0.5, 0.6) is 0 Å². The lowest BCUT2D eigenvalue weighted by atomic mass is 10.2. The molecule has 0 aliphatic carbocycles. The number of nitrogens with zero attached hydrogens (tertiary/aromatic N) is 3. The van der Waals surface area contributed by atoms with Crippen molar-refractivity contribution >= 4 is 54.4 Å². The molecule has 7 heteroatoms. The molecule has 0 radical (unpaired) electrons. The first-order valence-electron chi connectivity index (χ1n) is 7.07. The fourth-order valence-electron chi connectivity index (χ4n) is 2.28. The van der Waals surface area contributed by atoms with Crippen LogP contribution in [0.4, 0.5) is 5.69 Å². The Balaban J connectivity index is 1.72. The average Bonchev–Trinajstić information content (AvgIpc) is 2.87. The summed E-state index contributed by atoms with van der Waals surface area (Å²) in [5.41, 5.74) is 2.40. The van der Waals surface area contributed by atoms with Crippen LogP contribution >= 0.6 is 31.9 Å². The number of anilines is 1. The number of amides is 1. The van der Waals surface area contributed by atoms with E-state index in [1.807, 2.05) is 37.4 Å². The standard InChI is InChI=1S/C16H14Br2N4O/c1-10-13(18)9-22(21-10)8-6-15(23)20-14-5-4-12(17)11-3-2-7-19-16(11)14/h2-5,7,9H,6,8H2,1H3,(H,20,23). The van der Waals surface area contributed by atoms with Gasteiger partial charge in [0, 0.05) is 35.2 Å². The van der Waals surface area contributed by atoms with Crippen molar-refractivity contribution in [3.05, 3.63) is 51.3 Å². The van der Waals surface area contributed by atoms with Crippen LogP contribution in [-0.2, 0) is 11.3 Å². The molecule has 1 amide bonds. The van der Waals surface area contributed by atoms with Crippen LogP contribution in [0.25, 0.3) is 10.9 Å². The predicted octanol–water partition coefficient (Wildman–Crippen LogP) is 4.29. The topological polar surface area (TPSA) is 59.8 Å². The van der Waals surface area contributed by atoms with E-state index >= 15 is 0 Å². The SMILES string of the molecule is Cc1nn(CCC(=O)Nc2ccc(Br)c3cccnc23)cc1Br. The molecule has 0 saturated heterocycles. The molecule has 3 rings (SSSR count). The maximum atomic E-state index is 12.2. The highest BCUT2D eigenvalue weighted by Gasteiger charge is 2.10. The third kappa shape index (κ3) is 3.61. The third-order valence-electron chi connectivity index (χ3n) is 3.44. The number of benzene rings is 1. The highest BCUT2D eigenvalue weighted by atomic mass is 79.9. The Labute approximate surface area is 150 Å². The number of fused-ring (bicyclic) bond motifs is 1. The molecular formula is C16H14Br2N4O. The van der Waals surface area contributed by atoms with E-state index < -0.39 is 0 Å². The Morgan fingerprint density at radius 3 is 2.83 bits per heavy atom. The van der Waals surface area contributed by atoms with Gasteiger partial charge < -0.3 is 5.32 Å². The van der Waals surface area contributed by atoms with Gasteiger partial charge in [-0.1, -0.05) is 22.0 Å². The lowest BCUT2D eigenvalue weighted by Gasteiger charge is -2.09. The minimum atomic E-state index is -0.0662. The zero-order valence-electron chi connectivity index (χ0n) is 12.4. The second-order valence-corrected chi connectivity index (χ2v) is 6.83. The van der Waals surface area contributed by atoms with Gasteiger partial charge in [-0.3, -0.25) is 14.5 Å². The van der Waals surface area contributed by atoms with Gasteiger partial charge in [-0.2, -0.15) is 5.10 Å². The monoisotopic (exact) mass is 436 g/mol. The molecular weight excluding hydrogens is 424 g/mol. The summed E-state index contributed by atoms with van der Waals surface area (Å²) in [5, 5.41) is 8.22. The Bertz CT molecular complexity index is 856. The van der Waals surface area contributed by atoms with Crippen molar-refractivity contribution < 1.29 is 4.79 Å². The molecule has 0 spiro atoms. The predicted molar refractivity (Wildman–Crippen MR) is 97.4 cm³/mol. The Morgan fingerprint density at radius 1 is 1.26 bits per heavy atom. The van der Waals surface area contributed by atoms with E-state index in [-0.39, 0.29) is 5.91 Å². The van der Waals surface area contributed by atoms with Crippen molar-refractivity contribution in [1.82, 2.24) is 14.8 Å². The highest BCUT2D eigenvalue weighted by molar-refractivity contribution is 9.11. The number of hydrogen-bond acceptors (Lipinski definition) is 3. The maximum Gasteiger partial charge on any atom is 0.226 e. The Morgan fingerprint density at radius 2 is 2.09 bits per heavy atom. The van der Waals surface area contributed by atoms with Gasteiger partial charge in [0.25, 0.3) is 0 Å². The van der Waals surface area contributed by atoms with Gasteiger partial charge in [0.15, 0.2) is 0 Å². The van der Waals surface area contributed by atoms with E-state index in [0.29, 0.717) is 18.7 Å². The quantitative estimate of drug-likeness (QED) is 0.662. The molecule has 2 heterocycles. The van der Waals surface area contributed by atoms with E-state index in [1.54, 1.807) is 10.9 Å². The van der Waals surface area contributed by atoms with Crippen LogP contribution in [0.1, 0.15) is 12.1 Å². The minimum Gasteiger partial charge on any atom is -0.324 e. The molecule has 0 unspecified atom stereocenters. The Hall–Kier alpha value is -1.73. The van der Waals surface area contributed by atoms with Crippen molar-refractivity contribution in [3.63, 3.8) is 0 Å². The molecule has 0 saturated carbocycles. The molecule has 0 aliphatic heterocycles. The summed E-state index contributed by atoms with van der Waals surface area (Å²) in [7, 11) is 0. The van der Waals surface area contributed by atoms with Gasteiger partial charge in [0.2, 0.25) is 5.91 Å². The summed E-state index contributed by atoms with van der Waals surface area (Å²) in [4.78, 5) is 16.6. The van der Waals surface area contributed by atoms with Crippen molar-refractivity contribution in [3.8, 4) is 0 Å². The number of hydrogen-bond donors (Lipinski definition) is 1. The summed E-state index contributed by atoms with van der Waals surface area (Å²) in [6, 6.07) is 7.60. The smallest absolute Gasteiger partial charge is 0.226 e. The molecule has 23 heavy (non-hydrogen) atoms. The lowest BCUT2D eigenvalue weighted by Crippen LogP contribution is -2.15. The van der Waals surface area contributed by atoms with Gasteiger partial charge in [0.1, 0.15) is 0 Å². The first-order valence-corrected chi connectivity index (χ1v) is 8.66. The molecule has 0 aliphatic rings. The van der Waals surface area contributed by atoms with Crippen LogP contribution in [0.15, 0.2) is 45.6 Å². The van der Waals surface area contributed by atoms with Crippen LogP contribution in [0.2, 0.25) is 0 Å². The number of carbonyl (C=O) groups excluding carboxylic acids is 1. The second kappa shape index (κ2) is 6.80. The van der Waals surface area contributed by atoms with E-state index in [4.69, 9.17) is 0 Å².